The lowest BCUT2D eigenvalue weighted by molar-refractivity contribution is 0.590. The van der Waals surface area contributed by atoms with Crippen LogP contribution in [0.3, 0.4) is 0 Å². The van der Waals surface area contributed by atoms with Crippen LogP contribution in [0.5, 0.6) is 0 Å². The van der Waals surface area contributed by atoms with Crippen molar-refractivity contribution in [3.63, 3.8) is 0 Å². The lowest BCUT2D eigenvalue weighted by Crippen LogP contribution is -2.31. The molecule has 0 amide bonds. The summed E-state index contributed by atoms with van der Waals surface area (Å²) >= 11 is 5.00. The van der Waals surface area contributed by atoms with Crippen molar-refractivity contribution in [3.05, 3.63) is 35.4 Å². The molecule has 0 aliphatic carbocycles. The van der Waals surface area contributed by atoms with Crippen LogP contribution in [0, 0.1) is 0 Å². The summed E-state index contributed by atoms with van der Waals surface area (Å²) in [6, 6.07) is 8.37. The van der Waals surface area contributed by atoms with Crippen LogP contribution in [-0.4, -0.2) is 17.9 Å². The van der Waals surface area contributed by atoms with E-state index in [0.29, 0.717) is 5.11 Å². The summed E-state index contributed by atoms with van der Waals surface area (Å²) in [7, 11) is 0. The van der Waals surface area contributed by atoms with E-state index in [0.717, 1.165) is 12.1 Å². The van der Waals surface area contributed by atoms with Crippen LogP contribution in [0.2, 0.25) is 0 Å². The number of hydrogen-bond acceptors (Lipinski definition) is 2. The Morgan fingerprint density at radius 2 is 1.89 bits per heavy atom. The first kappa shape index (κ1) is 14.6. The van der Waals surface area contributed by atoms with E-state index in [2.05, 4.69) is 60.9 Å². The zero-order valence-corrected chi connectivity index (χ0v) is 12.3. The van der Waals surface area contributed by atoms with Crippen LogP contribution < -0.4 is 10.7 Å². The highest BCUT2D eigenvalue weighted by Crippen LogP contribution is 2.21. The third-order valence-electron chi connectivity index (χ3n) is 2.49. The first-order chi connectivity index (χ1) is 8.43. The van der Waals surface area contributed by atoms with Gasteiger partial charge in [-0.2, -0.15) is 5.10 Å². The van der Waals surface area contributed by atoms with Gasteiger partial charge in [-0.3, -0.25) is 5.43 Å². The molecule has 4 heteroatoms. The van der Waals surface area contributed by atoms with Crippen molar-refractivity contribution in [1.82, 2.24) is 10.7 Å². The molecule has 0 aromatic heterocycles. The highest BCUT2D eigenvalue weighted by molar-refractivity contribution is 7.80. The van der Waals surface area contributed by atoms with Crippen molar-refractivity contribution in [2.45, 2.75) is 33.1 Å². The molecule has 0 bridgehead atoms. The summed E-state index contributed by atoms with van der Waals surface area (Å²) in [5, 5.41) is 7.58. The van der Waals surface area contributed by atoms with E-state index in [-0.39, 0.29) is 5.41 Å². The van der Waals surface area contributed by atoms with Crippen molar-refractivity contribution in [2.75, 3.05) is 6.54 Å². The lowest BCUT2D eigenvalue weighted by Gasteiger charge is -2.18. The van der Waals surface area contributed by atoms with E-state index in [4.69, 9.17) is 12.2 Å². The van der Waals surface area contributed by atoms with Gasteiger partial charge in [0.05, 0.1) is 6.21 Å². The number of thiocarbonyl (C=S) groups is 1. The second-order valence-electron chi connectivity index (χ2n) is 5.10. The largest absolute Gasteiger partial charge is 0.362 e. The lowest BCUT2D eigenvalue weighted by atomic mass is 9.87. The molecular weight excluding hydrogens is 242 g/mol. The summed E-state index contributed by atoms with van der Waals surface area (Å²) in [5.41, 5.74) is 5.31. The molecule has 0 saturated carbocycles. The van der Waals surface area contributed by atoms with Gasteiger partial charge in [-0.25, -0.2) is 0 Å². The fourth-order valence-electron chi connectivity index (χ4n) is 1.43. The van der Waals surface area contributed by atoms with E-state index in [1.807, 2.05) is 6.92 Å². The molecule has 0 aliphatic heterocycles. The molecule has 0 fully saturated rings. The van der Waals surface area contributed by atoms with E-state index in [9.17, 15) is 0 Å². The smallest absolute Gasteiger partial charge is 0.186 e. The number of hydrazone groups is 1. The second-order valence-corrected chi connectivity index (χ2v) is 5.51. The van der Waals surface area contributed by atoms with Crippen LogP contribution >= 0.6 is 12.2 Å². The summed E-state index contributed by atoms with van der Waals surface area (Å²) in [4.78, 5) is 0. The van der Waals surface area contributed by atoms with E-state index < -0.39 is 0 Å². The van der Waals surface area contributed by atoms with E-state index in [1.54, 1.807) is 6.21 Å². The van der Waals surface area contributed by atoms with Crippen LogP contribution in [0.4, 0.5) is 0 Å². The summed E-state index contributed by atoms with van der Waals surface area (Å²) < 4.78 is 0. The average Bonchev–Trinajstić information content (AvgIpc) is 2.29. The Morgan fingerprint density at radius 3 is 2.39 bits per heavy atom. The third-order valence-corrected chi connectivity index (χ3v) is 2.73. The highest BCUT2D eigenvalue weighted by atomic mass is 32.1. The Morgan fingerprint density at radius 1 is 1.28 bits per heavy atom. The maximum atomic E-state index is 5.00. The van der Waals surface area contributed by atoms with Gasteiger partial charge in [-0.05, 0) is 35.7 Å². The van der Waals surface area contributed by atoms with Crippen molar-refractivity contribution >= 4 is 23.5 Å². The maximum Gasteiger partial charge on any atom is 0.186 e. The number of hydrogen-bond donors (Lipinski definition) is 2. The van der Waals surface area contributed by atoms with Crippen molar-refractivity contribution < 1.29 is 0 Å². The van der Waals surface area contributed by atoms with Gasteiger partial charge in [-0.1, -0.05) is 45.0 Å². The summed E-state index contributed by atoms with van der Waals surface area (Å²) in [5.74, 6) is 0. The van der Waals surface area contributed by atoms with Crippen LogP contribution in [0.15, 0.2) is 29.4 Å². The molecule has 0 aliphatic rings. The predicted molar refractivity (Wildman–Crippen MR) is 82.1 cm³/mol. The summed E-state index contributed by atoms with van der Waals surface area (Å²) in [6.07, 6.45) is 1.76. The van der Waals surface area contributed by atoms with E-state index >= 15 is 0 Å². The highest BCUT2D eigenvalue weighted by Gasteiger charge is 2.12. The molecule has 0 saturated heterocycles. The van der Waals surface area contributed by atoms with Crippen molar-refractivity contribution in [2.24, 2.45) is 5.10 Å². The molecule has 0 atom stereocenters. The zero-order valence-electron chi connectivity index (χ0n) is 11.4. The fraction of sp³-hybridized carbons (Fsp3) is 0.429. The molecule has 1 rings (SSSR count). The second kappa shape index (κ2) is 6.50. The predicted octanol–water partition coefficient (Wildman–Crippen LogP) is 2.80. The first-order valence-corrected chi connectivity index (χ1v) is 6.51. The number of rotatable bonds is 3. The Kier molecular flexibility index (Phi) is 5.28. The van der Waals surface area contributed by atoms with Crippen molar-refractivity contribution in [3.8, 4) is 0 Å². The molecular formula is C14H21N3S. The molecule has 2 N–H and O–H groups in total. The van der Waals surface area contributed by atoms with E-state index in [1.165, 1.54) is 5.56 Å². The minimum atomic E-state index is 0.181. The van der Waals surface area contributed by atoms with Crippen LogP contribution in [0.25, 0.3) is 0 Å². The quantitative estimate of drug-likeness (QED) is 0.500. The van der Waals surface area contributed by atoms with Gasteiger partial charge in [-0.15, -0.1) is 0 Å². The molecule has 0 spiro atoms. The van der Waals surface area contributed by atoms with Gasteiger partial charge < -0.3 is 5.32 Å². The van der Waals surface area contributed by atoms with Gasteiger partial charge >= 0.3 is 0 Å². The maximum absolute atomic E-state index is 5.00. The molecule has 3 nitrogen and oxygen atoms in total. The van der Waals surface area contributed by atoms with Gasteiger partial charge in [0.25, 0.3) is 0 Å². The molecule has 1 aromatic rings. The minimum absolute atomic E-state index is 0.181. The van der Waals surface area contributed by atoms with Crippen molar-refractivity contribution in [1.29, 1.82) is 0 Å². The van der Waals surface area contributed by atoms with Gasteiger partial charge in [0.2, 0.25) is 0 Å². The molecule has 0 heterocycles. The Labute approximate surface area is 115 Å². The van der Waals surface area contributed by atoms with Gasteiger partial charge in [0, 0.05) is 6.54 Å². The number of nitrogens with zero attached hydrogens (tertiary/aromatic N) is 1. The van der Waals surface area contributed by atoms with Crippen LogP contribution in [0.1, 0.15) is 38.8 Å². The van der Waals surface area contributed by atoms with Gasteiger partial charge in [0.15, 0.2) is 5.11 Å². The normalized spacial score (nSPS) is 11.6. The Balaban J connectivity index is 2.59. The summed E-state index contributed by atoms with van der Waals surface area (Å²) in [6.45, 7) is 9.38. The van der Waals surface area contributed by atoms with Crippen LogP contribution in [-0.2, 0) is 5.41 Å². The molecule has 18 heavy (non-hydrogen) atoms. The van der Waals surface area contributed by atoms with Gasteiger partial charge in [0.1, 0.15) is 0 Å². The number of nitrogens with one attached hydrogen (secondary N) is 2. The molecule has 0 unspecified atom stereocenters. The molecule has 98 valence electrons. The molecule has 0 radical (unpaired) electrons. The standard InChI is InChI=1S/C14H21N3S/c1-5-15-13(18)17-16-10-11-6-8-12(9-7-11)14(2,3)4/h6-10H,5H2,1-4H3,(H2,15,17,18)/b16-10-. The zero-order chi connectivity index (χ0) is 13.6. The average molecular weight is 263 g/mol. The molecule has 1 aromatic carbocycles. The fourth-order valence-corrected chi connectivity index (χ4v) is 1.63. The number of benzene rings is 1. The minimum Gasteiger partial charge on any atom is -0.362 e. The topological polar surface area (TPSA) is 36.4 Å². The first-order valence-electron chi connectivity index (χ1n) is 6.11. The SMILES string of the molecule is CCNC(=S)N/N=C\c1ccc(C(C)(C)C)cc1. The monoisotopic (exact) mass is 263 g/mol. The Bertz CT molecular complexity index is 416. The third kappa shape index (κ3) is 4.84. The Hall–Kier alpha value is -1.42.